The Morgan fingerprint density at radius 3 is 2.54 bits per heavy atom. The van der Waals surface area contributed by atoms with Crippen LogP contribution >= 0.6 is 0 Å². The molecule has 1 aliphatic rings. The number of nitrogens with two attached hydrogens (primary N) is 2. The summed E-state index contributed by atoms with van der Waals surface area (Å²) in [5, 5.41) is 15.2. The summed E-state index contributed by atoms with van der Waals surface area (Å²) in [5.74, 6) is -4.03. The van der Waals surface area contributed by atoms with Crippen molar-refractivity contribution < 1.29 is 29.1 Å². The number of carboxylic acids is 1. The molecule has 188 valence electrons. The van der Waals surface area contributed by atoms with Crippen molar-refractivity contribution in [2.24, 2.45) is 11.5 Å². The molecule has 4 amide bonds. The van der Waals surface area contributed by atoms with Crippen molar-refractivity contribution in [3.8, 4) is 0 Å². The van der Waals surface area contributed by atoms with Gasteiger partial charge in [-0.3, -0.25) is 19.2 Å². The summed E-state index contributed by atoms with van der Waals surface area (Å²) in [4.78, 5) is 66.0. The second-order valence-electron chi connectivity index (χ2n) is 8.67. The summed E-state index contributed by atoms with van der Waals surface area (Å²) in [6, 6.07) is 3.08. The van der Waals surface area contributed by atoms with Gasteiger partial charge < -0.3 is 37.1 Å². The molecule has 1 aromatic heterocycles. The number of nitrogens with zero attached hydrogens (tertiary/aromatic N) is 1. The maximum atomic E-state index is 13.2. The van der Waals surface area contributed by atoms with E-state index in [2.05, 4.69) is 15.6 Å². The summed E-state index contributed by atoms with van der Waals surface area (Å²) in [7, 11) is 0. The van der Waals surface area contributed by atoms with E-state index in [0.717, 1.165) is 16.5 Å². The minimum absolute atomic E-state index is 0.0401. The number of amides is 4. The molecular formula is C23H30N6O6. The van der Waals surface area contributed by atoms with Crippen LogP contribution in [-0.4, -0.2) is 75.3 Å². The quantitative estimate of drug-likeness (QED) is 0.247. The van der Waals surface area contributed by atoms with E-state index in [-0.39, 0.29) is 12.3 Å². The van der Waals surface area contributed by atoms with Gasteiger partial charge in [0.25, 0.3) is 0 Å². The van der Waals surface area contributed by atoms with Crippen molar-refractivity contribution in [2.45, 2.75) is 56.8 Å². The normalized spacial score (nSPS) is 18.0. The maximum Gasteiger partial charge on any atom is 0.326 e. The first-order valence-corrected chi connectivity index (χ1v) is 11.3. The van der Waals surface area contributed by atoms with E-state index in [1.165, 1.54) is 11.8 Å². The van der Waals surface area contributed by atoms with Gasteiger partial charge in [0, 0.05) is 30.1 Å². The molecule has 4 unspecified atom stereocenters. The van der Waals surface area contributed by atoms with Gasteiger partial charge in [-0.25, -0.2) is 4.79 Å². The summed E-state index contributed by atoms with van der Waals surface area (Å²) in [6.45, 7) is 1.91. The average Bonchev–Trinajstić information content (AvgIpc) is 3.44. The number of para-hydroxylation sites is 1. The molecule has 0 saturated carbocycles. The van der Waals surface area contributed by atoms with Crippen LogP contribution in [0.4, 0.5) is 0 Å². The zero-order valence-electron chi connectivity index (χ0n) is 19.3. The van der Waals surface area contributed by atoms with Gasteiger partial charge in [0.2, 0.25) is 23.6 Å². The van der Waals surface area contributed by atoms with Gasteiger partial charge in [0.15, 0.2) is 0 Å². The fourth-order valence-corrected chi connectivity index (χ4v) is 4.24. The molecule has 1 saturated heterocycles. The van der Waals surface area contributed by atoms with Crippen LogP contribution in [0.5, 0.6) is 0 Å². The predicted molar refractivity (Wildman–Crippen MR) is 126 cm³/mol. The Morgan fingerprint density at radius 2 is 1.89 bits per heavy atom. The van der Waals surface area contributed by atoms with Gasteiger partial charge in [-0.1, -0.05) is 18.2 Å². The number of aromatic nitrogens is 1. The average molecular weight is 487 g/mol. The first-order chi connectivity index (χ1) is 16.6. The standard InChI is InChI=1S/C23H30N6O6/c1-12(24)22(33)29-8-4-7-18(29)21(32)27-16(20(31)28-17(23(34)35)10-19(25)30)9-13-11-26-15-6-3-2-5-14(13)15/h2-3,5-6,11-12,16-18,26H,4,7-10,24H2,1H3,(H2,25,30)(H,27,32)(H,28,31)(H,34,35). The lowest BCUT2D eigenvalue weighted by molar-refractivity contribution is -0.144. The van der Waals surface area contributed by atoms with Crippen LogP contribution in [0.3, 0.4) is 0 Å². The molecule has 35 heavy (non-hydrogen) atoms. The highest BCUT2D eigenvalue weighted by Crippen LogP contribution is 2.21. The van der Waals surface area contributed by atoms with Crippen LogP contribution in [0.1, 0.15) is 31.7 Å². The van der Waals surface area contributed by atoms with E-state index >= 15 is 0 Å². The Hall–Kier alpha value is -3.93. The highest BCUT2D eigenvalue weighted by Gasteiger charge is 2.37. The molecule has 12 nitrogen and oxygen atoms in total. The Bertz CT molecular complexity index is 1130. The van der Waals surface area contributed by atoms with Crippen molar-refractivity contribution in [3.63, 3.8) is 0 Å². The zero-order chi connectivity index (χ0) is 25.7. The summed E-state index contributed by atoms with van der Waals surface area (Å²) in [6.07, 6.45) is 2.16. The number of carboxylic acid groups (broad SMARTS) is 1. The third kappa shape index (κ3) is 6.15. The maximum absolute atomic E-state index is 13.2. The molecule has 8 N–H and O–H groups in total. The predicted octanol–water partition coefficient (Wildman–Crippen LogP) is -1.02. The Labute approximate surface area is 201 Å². The number of H-pyrrole nitrogens is 1. The number of benzene rings is 1. The monoisotopic (exact) mass is 486 g/mol. The number of hydrogen-bond acceptors (Lipinski definition) is 6. The lowest BCUT2D eigenvalue weighted by Crippen LogP contribution is -2.57. The van der Waals surface area contributed by atoms with E-state index in [1.54, 1.807) is 6.20 Å². The van der Waals surface area contributed by atoms with Crippen LogP contribution in [-0.2, 0) is 30.4 Å². The van der Waals surface area contributed by atoms with Crippen LogP contribution in [0, 0.1) is 0 Å². The number of rotatable bonds is 10. The number of primary amides is 1. The highest BCUT2D eigenvalue weighted by atomic mass is 16.4. The van der Waals surface area contributed by atoms with E-state index in [4.69, 9.17) is 11.5 Å². The number of aliphatic carboxylic acids is 1. The molecule has 4 atom stereocenters. The van der Waals surface area contributed by atoms with Crippen LogP contribution in [0.2, 0.25) is 0 Å². The fraction of sp³-hybridized carbons (Fsp3) is 0.435. The minimum atomic E-state index is -1.55. The molecule has 0 aliphatic carbocycles. The molecule has 1 aliphatic heterocycles. The Morgan fingerprint density at radius 1 is 1.17 bits per heavy atom. The molecule has 0 bridgehead atoms. The lowest BCUT2D eigenvalue weighted by atomic mass is 10.0. The molecule has 2 heterocycles. The molecule has 2 aromatic rings. The van der Waals surface area contributed by atoms with Crippen molar-refractivity contribution in [1.29, 1.82) is 0 Å². The summed E-state index contributed by atoms with van der Waals surface area (Å²) in [5.41, 5.74) is 12.4. The van der Waals surface area contributed by atoms with Crippen molar-refractivity contribution in [3.05, 3.63) is 36.0 Å². The van der Waals surface area contributed by atoms with E-state index in [0.29, 0.717) is 19.4 Å². The van der Waals surface area contributed by atoms with Crippen LogP contribution in [0.15, 0.2) is 30.5 Å². The topological polar surface area (TPSA) is 201 Å². The number of likely N-dealkylation sites (tertiary alicyclic amines) is 1. The van der Waals surface area contributed by atoms with Gasteiger partial charge in [-0.2, -0.15) is 0 Å². The van der Waals surface area contributed by atoms with Gasteiger partial charge >= 0.3 is 5.97 Å². The van der Waals surface area contributed by atoms with Gasteiger partial charge in [0.1, 0.15) is 18.1 Å². The van der Waals surface area contributed by atoms with Crippen molar-refractivity contribution in [1.82, 2.24) is 20.5 Å². The Balaban J connectivity index is 1.84. The molecule has 1 aromatic carbocycles. The summed E-state index contributed by atoms with van der Waals surface area (Å²) >= 11 is 0. The van der Waals surface area contributed by atoms with Crippen LogP contribution < -0.4 is 22.1 Å². The smallest absolute Gasteiger partial charge is 0.326 e. The Kier molecular flexibility index (Phi) is 8.07. The zero-order valence-corrected chi connectivity index (χ0v) is 19.3. The summed E-state index contributed by atoms with van der Waals surface area (Å²) < 4.78 is 0. The second-order valence-corrected chi connectivity index (χ2v) is 8.67. The first-order valence-electron chi connectivity index (χ1n) is 11.3. The largest absolute Gasteiger partial charge is 0.480 e. The van der Waals surface area contributed by atoms with Crippen LogP contribution in [0.25, 0.3) is 10.9 Å². The highest BCUT2D eigenvalue weighted by molar-refractivity contribution is 5.95. The number of nitrogens with one attached hydrogen (secondary N) is 3. The first kappa shape index (κ1) is 25.7. The lowest BCUT2D eigenvalue weighted by Gasteiger charge is -2.28. The molecule has 12 heteroatoms. The number of hydrogen-bond donors (Lipinski definition) is 6. The third-order valence-electron chi connectivity index (χ3n) is 5.98. The van der Waals surface area contributed by atoms with E-state index < -0.39 is 54.3 Å². The molecule has 3 rings (SSSR count). The van der Waals surface area contributed by atoms with Gasteiger partial charge in [-0.05, 0) is 31.4 Å². The number of fused-ring (bicyclic) bond motifs is 1. The number of aromatic amines is 1. The second kappa shape index (κ2) is 11.0. The fourth-order valence-electron chi connectivity index (χ4n) is 4.24. The number of carbonyl (C=O) groups excluding carboxylic acids is 4. The molecule has 0 radical (unpaired) electrons. The van der Waals surface area contributed by atoms with Crippen molar-refractivity contribution >= 4 is 40.5 Å². The number of carbonyl (C=O) groups is 5. The van der Waals surface area contributed by atoms with Crippen molar-refractivity contribution in [2.75, 3.05) is 6.54 Å². The van der Waals surface area contributed by atoms with E-state index in [1.807, 2.05) is 24.3 Å². The molecular weight excluding hydrogens is 456 g/mol. The third-order valence-corrected chi connectivity index (χ3v) is 5.98. The molecule has 0 spiro atoms. The van der Waals surface area contributed by atoms with Gasteiger partial charge in [-0.15, -0.1) is 0 Å². The van der Waals surface area contributed by atoms with E-state index in [9.17, 15) is 29.1 Å². The molecule has 1 fully saturated rings. The SMILES string of the molecule is CC(N)C(=O)N1CCCC1C(=O)NC(Cc1c[nH]c2ccccc12)C(=O)NC(CC(N)=O)C(=O)O. The minimum Gasteiger partial charge on any atom is -0.480 e. The van der Waals surface area contributed by atoms with Gasteiger partial charge in [0.05, 0.1) is 12.5 Å².